The second kappa shape index (κ2) is 35.3. The van der Waals surface area contributed by atoms with Gasteiger partial charge in [-0.2, -0.15) is 0 Å². The second-order valence-corrected chi connectivity index (χ2v) is 14.2. The molecule has 0 aromatic rings. The Morgan fingerprint density at radius 1 is 0.625 bits per heavy atom. The van der Waals surface area contributed by atoms with Gasteiger partial charge in [-0.3, -0.25) is 18.6 Å². The maximum atomic E-state index is 12.5. The number of rotatable bonds is 36. The Morgan fingerprint density at radius 3 is 1.60 bits per heavy atom. The summed E-state index contributed by atoms with van der Waals surface area (Å²) in [6.45, 7) is 4.15. The van der Waals surface area contributed by atoms with Crippen LogP contribution in [0.2, 0.25) is 0 Å². The molecule has 0 amide bonds. The average Bonchev–Trinajstić information content (AvgIpc) is 3.06. The Morgan fingerprint density at radius 2 is 1.08 bits per heavy atom. The van der Waals surface area contributed by atoms with Crippen molar-refractivity contribution in [2.24, 2.45) is 0 Å². The Hall–Kier alpha value is -1.51. The molecule has 0 fully saturated rings. The molecule has 0 heterocycles. The maximum absolute atomic E-state index is 12.5. The van der Waals surface area contributed by atoms with E-state index in [-0.39, 0.29) is 32.0 Å². The van der Waals surface area contributed by atoms with Crippen molar-refractivity contribution in [2.75, 3.05) is 33.4 Å². The fraction of sp³-hybridized carbons (Fsp3) is 0.842. The first-order chi connectivity index (χ1) is 23.3. The number of ether oxygens (including phenoxy) is 2. The van der Waals surface area contributed by atoms with Crippen molar-refractivity contribution < 1.29 is 37.6 Å². The summed E-state index contributed by atoms with van der Waals surface area (Å²) >= 11 is 0. The molecule has 0 aromatic heterocycles. The van der Waals surface area contributed by atoms with E-state index in [1.54, 1.807) is 7.05 Å². The topological polar surface area (TPSA) is 120 Å². The van der Waals surface area contributed by atoms with Gasteiger partial charge in [0.2, 0.25) is 0 Å². The highest BCUT2D eigenvalue weighted by Gasteiger charge is 2.26. The van der Waals surface area contributed by atoms with Crippen molar-refractivity contribution in [1.29, 1.82) is 0 Å². The third-order valence-electron chi connectivity index (χ3n) is 8.04. The van der Waals surface area contributed by atoms with E-state index in [9.17, 15) is 19.0 Å². The van der Waals surface area contributed by atoms with E-state index in [4.69, 9.17) is 18.5 Å². The second-order valence-electron chi connectivity index (χ2n) is 12.8. The van der Waals surface area contributed by atoms with Crippen LogP contribution in [0.25, 0.3) is 0 Å². The average molecular weight is 702 g/mol. The summed E-state index contributed by atoms with van der Waals surface area (Å²) in [7, 11) is -2.65. The van der Waals surface area contributed by atoms with E-state index in [0.717, 1.165) is 77.0 Å². The quantitative estimate of drug-likeness (QED) is 0.0284. The minimum absolute atomic E-state index is 0.0190. The number of carbonyl (C=O) groups excluding carboxylic acids is 2. The molecule has 2 N–H and O–H groups in total. The lowest BCUT2D eigenvalue weighted by Crippen LogP contribution is -2.29. The standard InChI is InChI=1S/C38H72NO8P/c1-4-6-8-10-12-14-16-17-18-19-21-23-25-27-29-31-38(41)47-36(35-46-48(42,43)45-33-32-39-3)34-44-37(40)30-28-26-24-22-20-15-13-11-9-7-5-2/h11,13,17-18,36,39H,4-10,12,14-16,19-35H2,1-3H3,(H,42,43)/b13-11-,18-17-. The predicted octanol–water partition coefficient (Wildman–Crippen LogP) is 10.3. The molecule has 2 atom stereocenters. The summed E-state index contributed by atoms with van der Waals surface area (Å²) in [5, 5.41) is 2.81. The lowest BCUT2D eigenvalue weighted by atomic mass is 10.1. The van der Waals surface area contributed by atoms with Crippen LogP contribution in [0.15, 0.2) is 24.3 Å². The molecule has 9 nitrogen and oxygen atoms in total. The van der Waals surface area contributed by atoms with Crippen molar-refractivity contribution in [3.8, 4) is 0 Å². The van der Waals surface area contributed by atoms with Crippen molar-refractivity contribution in [3.05, 3.63) is 24.3 Å². The van der Waals surface area contributed by atoms with Gasteiger partial charge in [0.25, 0.3) is 0 Å². The number of nitrogens with one attached hydrogen (secondary N) is 1. The van der Waals surface area contributed by atoms with E-state index in [1.165, 1.54) is 57.8 Å². The molecule has 0 spiro atoms. The highest BCUT2D eigenvalue weighted by Crippen LogP contribution is 2.43. The summed E-state index contributed by atoms with van der Waals surface area (Å²) in [6.07, 6.45) is 33.6. The zero-order valence-corrected chi connectivity index (χ0v) is 31.8. The number of allylic oxidation sites excluding steroid dienone is 4. The first kappa shape index (κ1) is 46.5. The number of carbonyl (C=O) groups is 2. The third-order valence-corrected chi connectivity index (χ3v) is 9.03. The molecule has 0 aromatic carbocycles. The largest absolute Gasteiger partial charge is 0.472 e. The zero-order valence-electron chi connectivity index (χ0n) is 30.9. The first-order valence-corrected chi connectivity index (χ1v) is 20.8. The SMILES string of the molecule is CCCC/C=C\CCCCCCCC(=O)OCC(COP(=O)(O)OCCNC)OC(=O)CCCCCCC/C=C\CCCCCCCC. The van der Waals surface area contributed by atoms with Gasteiger partial charge in [0.1, 0.15) is 6.61 Å². The lowest BCUT2D eigenvalue weighted by Gasteiger charge is -2.20. The molecule has 2 unspecified atom stereocenters. The summed E-state index contributed by atoms with van der Waals surface area (Å²) in [4.78, 5) is 34.8. The van der Waals surface area contributed by atoms with Crippen LogP contribution in [0, 0.1) is 0 Å². The monoisotopic (exact) mass is 701 g/mol. The van der Waals surface area contributed by atoms with Crippen LogP contribution in [-0.2, 0) is 32.7 Å². The first-order valence-electron chi connectivity index (χ1n) is 19.3. The van der Waals surface area contributed by atoms with Gasteiger partial charge in [0.15, 0.2) is 6.10 Å². The highest BCUT2D eigenvalue weighted by atomic mass is 31.2. The Balaban J connectivity index is 4.30. The molecule has 0 bridgehead atoms. The molecule has 48 heavy (non-hydrogen) atoms. The smallest absolute Gasteiger partial charge is 0.462 e. The van der Waals surface area contributed by atoms with Crippen LogP contribution >= 0.6 is 7.82 Å². The lowest BCUT2D eigenvalue weighted by molar-refractivity contribution is -0.161. The van der Waals surface area contributed by atoms with E-state index < -0.39 is 26.5 Å². The molecular weight excluding hydrogens is 629 g/mol. The number of unbranched alkanes of at least 4 members (excludes halogenated alkanes) is 18. The molecule has 0 aliphatic carbocycles. The minimum atomic E-state index is -4.34. The van der Waals surface area contributed by atoms with E-state index in [1.807, 2.05) is 0 Å². The normalized spacial score (nSPS) is 13.7. The van der Waals surface area contributed by atoms with Gasteiger partial charge in [-0.15, -0.1) is 0 Å². The third kappa shape index (κ3) is 34.4. The van der Waals surface area contributed by atoms with Crippen LogP contribution < -0.4 is 5.32 Å². The summed E-state index contributed by atoms with van der Waals surface area (Å²) in [6, 6.07) is 0. The van der Waals surface area contributed by atoms with Gasteiger partial charge >= 0.3 is 19.8 Å². The molecule has 0 saturated carbocycles. The maximum Gasteiger partial charge on any atom is 0.472 e. The van der Waals surface area contributed by atoms with Crippen molar-refractivity contribution in [1.82, 2.24) is 5.32 Å². The summed E-state index contributed by atoms with van der Waals surface area (Å²) in [5.74, 6) is -0.828. The number of phosphoric acid groups is 1. The minimum Gasteiger partial charge on any atom is -0.462 e. The fourth-order valence-electron chi connectivity index (χ4n) is 5.06. The Bertz CT molecular complexity index is 851. The molecule has 0 aliphatic rings. The van der Waals surface area contributed by atoms with Gasteiger partial charge in [-0.25, -0.2) is 4.57 Å². The summed E-state index contributed by atoms with van der Waals surface area (Å²) in [5.41, 5.74) is 0. The van der Waals surface area contributed by atoms with E-state index in [0.29, 0.717) is 13.0 Å². The number of likely N-dealkylation sites (N-methyl/N-ethyl adjacent to an activating group) is 1. The molecule has 0 radical (unpaired) electrons. The van der Waals surface area contributed by atoms with Gasteiger partial charge in [-0.05, 0) is 64.8 Å². The Kier molecular flexibility index (Phi) is 34.2. The fourth-order valence-corrected chi connectivity index (χ4v) is 5.81. The molecule has 0 saturated heterocycles. The number of hydrogen-bond acceptors (Lipinski definition) is 8. The van der Waals surface area contributed by atoms with Crippen molar-refractivity contribution >= 4 is 19.8 Å². The van der Waals surface area contributed by atoms with E-state index in [2.05, 4.69) is 43.5 Å². The van der Waals surface area contributed by atoms with Gasteiger partial charge in [0, 0.05) is 19.4 Å². The van der Waals surface area contributed by atoms with Crippen LogP contribution in [0.1, 0.15) is 168 Å². The molecule has 0 aliphatic heterocycles. The molecule has 0 rings (SSSR count). The highest BCUT2D eigenvalue weighted by molar-refractivity contribution is 7.47. The van der Waals surface area contributed by atoms with Crippen LogP contribution in [0.4, 0.5) is 0 Å². The van der Waals surface area contributed by atoms with Gasteiger partial charge in [0.05, 0.1) is 13.2 Å². The molecule has 282 valence electrons. The Labute approximate surface area is 294 Å². The number of esters is 2. The van der Waals surface area contributed by atoms with Crippen molar-refractivity contribution in [2.45, 2.75) is 174 Å². The van der Waals surface area contributed by atoms with Crippen molar-refractivity contribution in [3.63, 3.8) is 0 Å². The number of phosphoric ester groups is 1. The number of hydrogen-bond donors (Lipinski definition) is 2. The van der Waals surface area contributed by atoms with Crippen LogP contribution in [-0.4, -0.2) is 56.3 Å². The zero-order chi connectivity index (χ0) is 35.4. The predicted molar refractivity (Wildman–Crippen MR) is 197 cm³/mol. The summed E-state index contributed by atoms with van der Waals surface area (Å²) < 4.78 is 33.0. The molecule has 10 heteroatoms. The molecular formula is C38H72NO8P. The van der Waals surface area contributed by atoms with Crippen LogP contribution in [0.5, 0.6) is 0 Å². The van der Waals surface area contributed by atoms with E-state index >= 15 is 0 Å². The van der Waals surface area contributed by atoms with Crippen LogP contribution in [0.3, 0.4) is 0 Å². The van der Waals surface area contributed by atoms with Gasteiger partial charge < -0.3 is 19.7 Å². The van der Waals surface area contributed by atoms with Gasteiger partial charge in [-0.1, -0.05) is 122 Å².